The molecule has 3 aromatic rings. The van der Waals surface area contributed by atoms with E-state index in [0.717, 1.165) is 16.5 Å². The first-order valence-electron chi connectivity index (χ1n) is 6.74. The highest BCUT2D eigenvalue weighted by atomic mass is 35.5. The van der Waals surface area contributed by atoms with Crippen LogP contribution in [-0.4, -0.2) is 10.9 Å². The molecule has 0 aliphatic carbocycles. The van der Waals surface area contributed by atoms with Gasteiger partial charge in [0.15, 0.2) is 0 Å². The SMILES string of the molecule is Cc1cccc(CNC(=O)c2c[nH]c3cc(Cl)ccc23)c1. The smallest absolute Gasteiger partial charge is 0.253 e. The third kappa shape index (κ3) is 2.93. The molecule has 0 radical (unpaired) electrons. The summed E-state index contributed by atoms with van der Waals surface area (Å²) in [6.07, 6.45) is 1.71. The fraction of sp³-hybridized carbons (Fsp3) is 0.118. The summed E-state index contributed by atoms with van der Waals surface area (Å²) in [6, 6.07) is 13.6. The van der Waals surface area contributed by atoms with Crippen LogP contribution in [0.15, 0.2) is 48.7 Å². The number of nitrogens with one attached hydrogen (secondary N) is 2. The molecule has 1 aromatic heterocycles. The van der Waals surface area contributed by atoms with Crippen molar-refractivity contribution in [3.05, 3.63) is 70.4 Å². The van der Waals surface area contributed by atoms with Gasteiger partial charge in [0.2, 0.25) is 0 Å². The number of aromatic amines is 1. The zero-order valence-corrected chi connectivity index (χ0v) is 12.4. The molecular formula is C17H15ClN2O. The molecule has 3 rings (SSSR count). The summed E-state index contributed by atoms with van der Waals surface area (Å²) >= 11 is 5.94. The van der Waals surface area contributed by atoms with Crippen molar-refractivity contribution in [2.45, 2.75) is 13.5 Å². The van der Waals surface area contributed by atoms with Gasteiger partial charge in [-0.25, -0.2) is 0 Å². The number of amides is 1. The Balaban J connectivity index is 1.78. The number of fused-ring (bicyclic) bond motifs is 1. The predicted octanol–water partition coefficient (Wildman–Crippen LogP) is 4.06. The standard InChI is InChI=1S/C17H15ClN2O/c1-11-3-2-4-12(7-11)9-20-17(21)15-10-19-16-8-13(18)5-6-14(15)16/h2-8,10,19H,9H2,1H3,(H,20,21). The van der Waals surface area contributed by atoms with Crippen LogP contribution < -0.4 is 5.32 Å². The van der Waals surface area contributed by atoms with Crippen molar-refractivity contribution in [3.8, 4) is 0 Å². The topological polar surface area (TPSA) is 44.9 Å². The lowest BCUT2D eigenvalue weighted by Crippen LogP contribution is -2.22. The summed E-state index contributed by atoms with van der Waals surface area (Å²) < 4.78 is 0. The van der Waals surface area contributed by atoms with Gasteiger partial charge >= 0.3 is 0 Å². The van der Waals surface area contributed by atoms with Crippen molar-refractivity contribution in [2.75, 3.05) is 0 Å². The molecule has 0 saturated carbocycles. The maximum atomic E-state index is 12.3. The first-order valence-corrected chi connectivity index (χ1v) is 7.11. The molecule has 2 N–H and O–H groups in total. The molecule has 0 aliphatic heterocycles. The number of hydrogen-bond donors (Lipinski definition) is 2. The van der Waals surface area contributed by atoms with Crippen LogP contribution in [0.4, 0.5) is 0 Å². The van der Waals surface area contributed by atoms with E-state index in [1.165, 1.54) is 5.56 Å². The minimum atomic E-state index is -0.0925. The summed E-state index contributed by atoms with van der Waals surface area (Å²) in [5, 5.41) is 4.47. The second-order valence-electron chi connectivity index (χ2n) is 5.06. The van der Waals surface area contributed by atoms with Gasteiger partial charge in [0.05, 0.1) is 5.56 Å². The lowest BCUT2D eigenvalue weighted by molar-refractivity contribution is 0.0952. The molecule has 0 aliphatic rings. The molecule has 21 heavy (non-hydrogen) atoms. The normalized spacial score (nSPS) is 10.8. The van der Waals surface area contributed by atoms with Crippen LogP contribution in [0.3, 0.4) is 0 Å². The molecule has 3 nitrogen and oxygen atoms in total. The highest BCUT2D eigenvalue weighted by molar-refractivity contribution is 6.31. The molecule has 0 spiro atoms. The Labute approximate surface area is 127 Å². The summed E-state index contributed by atoms with van der Waals surface area (Å²) in [5.41, 5.74) is 3.77. The zero-order chi connectivity index (χ0) is 14.8. The summed E-state index contributed by atoms with van der Waals surface area (Å²) in [7, 11) is 0. The van der Waals surface area contributed by atoms with E-state index >= 15 is 0 Å². The second kappa shape index (κ2) is 5.62. The number of rotatable bonds is 3. The first-order chi connectivity index (χ1) is 10.1. The maximum Gasteiger partial charge on any atom is 0.253 e. The number of benzene rings is 2. The number of H-pyrrole nitrogens is 1. The van der Waals surface area contributed by atoms with Gasteiger partial charge in [-0.3, -0.25) is 4.79 Å². The Hall–Kier alpha value is -2.26. The Morgan fingerprint density at radius 1 is 1.24 bits per heavy atom. The van der Waals surface area contributed by atoms with Crippen LogP contribution in [0.25, 0.3) is 10.9 Å². The molecule has 1 heterocycles. The van der Waals surface area contributed by atoms with E-state index in [1.807, 2.05) is 37.3 Å². The van der Waals surface area contributed by atoms with Gasteiger partial charge in [0.25, 0.3) is 5.91 Å². The Morgan fingerprint density at radius 2 is 2.10 bits per heavy atom. The molecule has 0 saturated heterocycles. The minimum absolute atomic E-state index is 0.0925. The number of aromatic nitrogens is 1. The van der Waals surface area contributed by atoms with Crippen molar-refractivity contribution in [1.82, 2.24) is 10.3 Å². The third-order valence-corrected chi connectivity index (χ3v) is 3.66. The average molecular weight is 299 g/mol. The van der Waals surface area contributed by atoms with Crippen molar-refractivity contribution < 1.29 is 4.79 Å². The Kier molecular flexibility index (Phi) is 3.67. The van der Waals surface area contributed by atoms with Crippen molar-refractivity contribution in [2.24, 2.45) is 0 Å². The van der Waals surface area contributed by atoms with E-state index < -0.39 is 0 Å². The van der Waals surface area contributed by atoms with E-state index in [4.69, 9.17) is 11.6 Å². The molecule has 0 bridgehead atoms. The molecular weight excluding hydrogens is 284 g/mol. The summed E-state index contributed by atoms with van der Waals surface area (Å²) in [4.78, 5) is 15.4. The van der Waals surface area contributed by atoms with E-state index in [2.05, 4.69) is 16.4 Å². The highest BCUT2D eigenvalue weighted by Crippen LogP contribution is 2.22. The van der Waals surface area contributed by atoms with E-state index in [9.17, 15) is 4.79 Å². The van der Waals surface area contributed by atoms with Gasteiger partial charge in [0, 0.05) is 28.7 Å². The fourth-order valence-corrected chi connectivity index (χ4v) is 2.56. The van der Waals surface area contributed by atoms with Crippen LogP contribution in [0.1, 0.15) is 21.5 Å². The largest absolute Gasteiger partial charge is 0.360 e. The van der Waals surface area contributed by atoms with Gasteiger partial charge in [-0.1, -0.05) is 47.5 Å². The highest BCUT2D eigenvalue weighted by Gasteiger charge is 2.11. The molecule has 2 aromatic carbocycles. The zero-order valence-electron chi connectivity index (χ0n) is 11.6. The summed E-state index contributed by atoms with van der Waals surface area (Å²) in [5.74, 6) is -0.0925. The van der Waals surface area contributed by atoms with Crippen LogP contribution in [-0.2, 0) is 6.54 Å². The monoisotopic (exact) mass is 298 g/mol. The van der Waals surface area contributed by atoms with Crippen LogP contribution in [0, 0.1) is 6.92 Å². The summed E-state index contributed by atoms with van der Waals surface area (Å²) in [6.45, 7) is 2.55. The van der Waals surface area contributed by atoms with Crippen molar-refractivity contribution in [3.63, 3.8) is 0 Å². The number of aryl methyl sites for hydroxylation is 1. The molecule has 106 valence electrons. The average Bonchev–Trinajstić information content (AvgIpc) is 2.88. The van der Waals surface area contributed by atoms with Gasteiger partial charge in [-0.15, -0.1) is 0 Å². The lowest BCUT2D eigenvalue weighted by atomic mass is 10.1. The maximum absolute atomic E-state index is 12.3. The van der Waals surface area contributed by atoms with Crippen LogP contribution in [0.5, 0.6) is 0 Å². The Bertz CT molecular complexity index is 807. The molecule has 4 heteroatoms. The Morgan fingerprint density at radius 3 is 2.90 bits per heavy atom. The van der Waals surface area contributed by atoms with Crippen molar-refractivity contribution in [1.29, 1.82) is 0 Å². The van der Waals surface area contributed by atoms with Crippen LogP contribution >= 0.6 is 11.6 Å². The number of carbonyl (C=O) groups is 1. The number of hydrogen-bond acceptors (Lipinski definition) is 1. The van der Waals surface area contributed by atoms with Crippen molar-refractivity contribution >= 4 is 28.4 Å². The third-order valence-electron chi connectivity index (χ3n) is 3.42. The molecule has 0 unspecified atom stereocenters. The quantitative estimate of drug-likeness (QED) is 0.752. The van der Waals surface area contributed by atoms with Gasteiger partial charge in [-0.2, -0.15) is 0 Å². The molecule has 1 amide bonds. The van der Waals surface area contributed by atoms with E-state index in [1.54, 1.807) is 12.3 Å². The number of halogens is 1. The van der Waals surface area contributed by atoms with Gasteiger partial charge < -0.3 is 10.3 Å². The van der Waals surface area contributed by atoms with E-state index in [0.29, 0.717) is 17.1 Å². The molecule has 0 atom stereocenters. The van der Waals surface area contributed by atoms with Crippen LogP contribution in [0.2, 0.25) is 5.02 Å². The minimum Gasteiger partial charge on any atom is -0.360 e. The molecule has 0 fully saturated rings. The predicted molar refractivity (Wildman–Crippen MR) is 85.7 cm³/mol. The second-order valence-corrected chi connectivity index (χ2v) is 5.50. The number of carbonyl (C=O) groups excluding carboxylic acids is 1. The van der Waals surface area contributed by atoms with Gasteiger partial charge in [-0.05, 0) is 24.6 Å². The lowest BCUT2D eigenvalue weighted by Gasteiger charge is -2.05. The van der Waals surface area contributed by atoms with Gasteiger partial charge in [0.1, 0.15) is 0 Å². The first kappa shape index (κ1) is 13.7. The fourth-order valence-electron chi connectivity index (χ4n) is 2.39. The van der Waals surface area contributed by atoms with E-state index in [-0.39, 0.29) is 5.91 Å².